The fourth-order valence-corrected chi connectivity index (χ4v) is 6.26. The summed E-state index contributed by atoms with van der Waals surface area (Å²) >= 11 is 8.17. The molecule has 6 heterocycles. The van der Waals surface area contributed by atoms with E-state index in [4.69, 9.17) is 16.3 Å². The molecule has 0 saturated carbocycles. The Kier molecular flexibility index (Phi) is 5.34. The summed E-state index contributed by atoms with van der Waals surface area (Å²) in [6, 6.07) is 5.69. The zero-order valence-electron chi connectivity index (χ0n) is 18.0. The fourth-order valence-electron chi connectivity index (χ4n) is 5.16. The Morgan fingerprint density at radius 1 is 1.27 bits per heavy atom. The lowest BCUT2D eigenvalue weighted by molar-refractivity contribution is -0.0135. The van der Waals surface area contributed by atoms with Gasteiger partial charge in [0.2, 0.25) is 0 Å². The Bertz CT molecular complexity index is 1290. The molecule has 8 nitrogen and oxygen atoms in total. The number of piperidine rings is 1. The summed E-state index contributed by atoms with van der Waals surface area (Å²) in [5, 5.41) is 15.7. The SMILES string of the molecule is O=c1ccc2ncc(Cl)c3c2n1CC3(O)CN1CCC(NCc2cc3c(cn2)OCS3)CC1. The van der Waals surface area contributed by atoms with E-state index in [1.165, 1.54) is 6.07 Å². The van der Waals surface area contributed by atoms with Crippen molar-refractivity contribution in [2.24, 2.45) is 0 Å². The van der Waals surface area contributed by atoms with Gasteiger partial charge in [-0.3, -0.25) is 19.7 Å². The van der Waals surface area contributed by atoms with E-state index in [9.17, 15) is 9.90 Å². The van der Waals surface area contributed by atoms with Gasteiger partial charge < -0.3 is 19.7 Å². The lowest BCUT2D eigenvalue weighted by Gasteiger charge is -2.37. The normalized spacial score (nSPS) is 22.6. The number of halogens is 1. The van der Waals surface area contributed by atoms with Crippen LogP contribution >= 0.6 is 23.4 Å². The Hall–Kier alpha value is -2.17. The van der Waals surface area contributed by atoms with Gasteiger partial charge in [-0.05, 0) is 38.1 Å². The lowest BCUT2D eigenvalue weighted by Crippen LogP contribution is -2.48. The number of nitrogens with zero attached hydrogens (tertiary/aromatic N) is 4. The maximum absolute atomic E-state index is 12.4. The highest BCUT2D eigenvalue weighted by Crippen LogP contribution is 2.40. The maximum Gasteiger partial charge on any atom is 0.251 e. The molecule has 33 heavy (non-hydrogen) atoms. The Labute approximate surface area is 199 Å². The molecule has 0 radical (unpaired) electrons. The molecule has 3 aliphatic rings. The topological polar surface area (TPSA) is 92.5 Å². The van der Waals surface area contributed by atoms with Crippen molar-refractivity contribution in [3.63, 3.8) is 0 Å². The summed E-state index contributed by atoms with van der Waals surface area (Å²) in [5.74, 6) is 1.53. The first kappa shape index (κ1) is 21.4. The van der Waals surface area contributed by atoms with Gasteiger partial charge in [-0.2, -0.15) is 0 Å². The average Bonchev–Trinajstić information content (AvgIpc) is 3.40. The van der Waals surface area contributed by atoms with Gasteiger partial charge in [0, 0.05) is 37.0 Å². The highest BCUT2D eigenvalue weighted by molar-refractivity contribution is 7.99. The number of pyridine rings is 3. The summed E-state index contributed by atoms with van der Waals surface area (Å²) in [6.07, 6.45) is 5.33. The molecule has 10 heteroatoms. The van der Waals surface area contributed by atoms with Crippen LogP contribution in [0.4, 0.5) is 0 Å². The number of β-amino-alcohol motifs (C(OH)–C–C–N with tert-alkyl or cyclic N) is 1. The molecule has 1 atom stereocenters. The van der Waals surface area contributed by atoms with Crippen molar-refractivity contribution < 1.29 is 9.84 Å². The van der Waals surface area contributed by atoms with Gasteiger partial charge in [0.15, 0.2) is 5.75 Å². The number of rotatable bonds is 5. The van der Waals surface area contributed by atoms with Gasteiger partial charge >= 0.3 is 0 Å². The van der Waals surface area contributed by atoms with Gasteiger partial charge in [-0.25, -0.2) is 0 Å². The van der Waals surface area contributed by atoms with Crippen molar-refractivity contribution in [2.45, 2.75) is 42.5 Å². The molecule has 2 N–H and O–H groups in total. The van der Waals surface area contributed by atoms with E-state index in [0.29, 0.717) is 40.1 Å². The lowest BCUT2D eigenvalue weighted by atomic mass is 9.94. The van der Waals surface area contributed by atoms with Gasteiger partial charge in [0.05, 0.1) is 39.4 Å². The molecule has 1 unspecified atom stereocenters. The van der Waals surface area contributed by atoms with Crippen LogP contribution in [0.5, 0.6) is 5.75 Å². The number of hydrogen-bond acceptors (Lipinski definition) is 8. The van der Waals surface area contributed by atoms with Crippen LogP contribution in [0.25, 0.3) is 11.0 Å². The van der Waals surface area contributed by atoms with Crippen molar-refractivity contribution in [1.82, 2.24) is 24.8 Å². The first-order valence-electron chi connectivity index (χ1n) is 11.1. The third-order valence-electron chi connectivity index (χ3n) is 6.80. The molecule has 172 valence electrons. The van der Waals surface area contributed by atoms with E-state index in [-0.39, 0.29) is 12.1 Å². The minimum atomic E-state index is -1.21. The van der Waals surface area contributed by atoms with Gasteiger partial charge in [-0.15, -0.1) is 0 Å². The van der Waals surface area contributed by atoms with E-state index < -0.39 is 5.60 Å². The predicted molar refractivity (Wildman–Crippen MR) is 127 cm³/mol. The van der Waals surface area contributed by atoms with Gasteiger partial charge in [-0.1, -0.05) is 23.4 Å². The molecule has 0 bridgehead atoms. The summed E-state index contributed by atoms with van der Waals surface area (Å²) in [5.41, 5.74) is 1.62. The second-order valence-electron chi connectivity index (χ2n) is 8.96. The van der Waals surface area contributed by atoms with Crippen molar-refractivity contribution in [3.05, 3.63) is 57.2 Å². The van der Waals surface area contributed by atoms with Crippen molar-refractivity contribution >= 4 is 34.4 Å². The summed E-state index contributed by atoms with van der Waals surface area (Å²) in [6.45, 7) is 3.08. The third-order valence-corrected chi connectivity index (χ3v) is 7.95. The third kappa shape index (κ3) is 3.81. The number of aliphatic hydroxyl groups is 1. The fraction of sp³-hybridized carbons (Fsp3) is 0.435. The van der Waals surface area contributed by atoms with Crippen LogP contribution in [0.3, 0.4) is 0 Å². The van der Waals surface area contributed by atoms with E-state index >= 15 is 0 Å². The molecule has 0 amide bonds. The molecule has 0 spiro atoms. The van der Waals surface area contributed by atoms with Crippen LogP contribution in [0.2, 0.25) is 5.02 Å². The quantitative estimate of drug-likeness (QED) is 0.569. The number of nitrogens with one attached hydrogen (secondary N) is 1. The number of ether oxygens (including phenoxy) is 1. The van der Waals surface area contributed by atoms with Crippen LogP contribution in [0.1, 0.15) is 24.1 Å². The highest BCUT2D eigenvalue weighted by atomic mass is 35.5. The van der Waals surface area contributed by atoms with E-state index in [1.54, 1.807) is 28.6 Å². The number of hydrogen-bond donors (Lipinski definition) is 2. The standard InChI is InChI=1S/C23H24ClN5O3S/c24-16-9-27-17-1-2-20(30)29-12-23(31,21(16)22(17)29)11-28-5-3-14(4-6-28)25-8-15-7-19-18(10-26-15)32-13-33-19/h1-2,7,9-10,14,25,31H,3-6,8,11-13H2. The van der Waals surface area contributed by atoms with Gasteiger partial charge in [0.25, 0.3) is 5.56 Å². The number of likely N-dealkylation sites (tertiary alicyclic amines) is 1. The molecule has 0 aromatic carbocycles. The smallest absolute Gasteiger partial charge is 0.251 e. The largest absolute Gasteiger partial charge is 0.480 e. The Morgan fingerprint density at radius 3 is 2.97 bits per heavy atom. The molecule has 0 aliphatic carbocycles. The molecule has 6 rings (SSSR count). The predicted octanol–water partition coefficient (Wildman–Crippen LogP) is 2.34. The van der Waals surface area contributed by atoms with E-state index in [1.807, 2.05) is 6.20 Å². The Balaban J connectivity index is 1.10. The average molecular weight is 486 g/mol. The minimum Gasteiger partial charge on any atom is -0.480 e. The molecule has 1 saturated heterocycles. The molecule has 3 aromatic rings. The monoisotopic (exact) mass is 485 g/mol. The molecule has 3 aromatic heterocycles. The Morgan fingerprint density at radius 2 is 2.12 bits per heavy atom. The van der Waals surface area contributed by atoms with Crippen molar-refractivity contribution in [2.75, 3.05) is 25.6 Å². The number of thioether (sulfide) groups is 1. The number of aromatic nitrogens is 3. The summed E-state index contributed by atoms with van der Waals surface area (Å²) < 4.78 is 7.10. The zero-order valence-corrected chi connectivity index (χ0v) is 19.5. The zero-order chi connectivity index (χ0) is 22.6. The van der Waals surface area contributed by atoms with E-state index in [0.717, 1.165) is 48.8 Å². The molecular weight excluding hydrogens is 462 g/mol. The molecule has 3 aliphatic heterocycles. The minimum absolute atomic E-state index is 0.142. The highest BCUT2D eigenvalue weighted by Gasteiger charge is 2.42. The van der Waals surface area contributed by atoms with Crippen LogP contribution in [-0.2, 0) is 18.7 Å². The maximum atomic E-state index is 12.4. The van der Waals surface area contributed by atoms with Crippen LogP contribution in [0.15, 0.2) is 40.3 Å². The molecular formula is C23H24ClN5O3S. The van der Waals surface area contributed by atoms with Crippen LogP contribution in [-0.4, -0.2) is 56.2 Å². The number of fused-ring (bicyclic) bond motifs is 1. The van der Waals surface area contributed by atoms with Crippen LogP contribution in [0, 0.1) is 0 Å². The van der Waals surface area contributed by atoms with E-state index in [2.05, 4.69) is 26.3 Å². The van der Waals surface area contributed by atoms with Crippen LogP contribution < -0.4 is 15.6 Å². The molecule has 1 fully saturated rings. The summed E-state index contributed by atoms with van der Waals surface area (Å²) in [4.78, 5) is 24.7. The first-order chi connectivity index (χ1) is 16.0. The van der Waals surface area contributed by atoms with Crippen molar-refractivity contribution in [3.8, 4) is 5.75 Å². The van der Waals surface area contributed by atoms with Gasteiger partial charge in [0.1, 0.15) is 11.5 Å². The second-order valence-corrected chi connectivity index (χ2v) is 10.3. The first-order valence-corrected chi connectivity index (χ1v) is 12.5. The summed E-state index contributed by atoms with van der Waals surface area (Å²) in [7, 11) is 0. The second kappa shape index (κ2) is 8.25. The van der Waals surface area contributed by atoms with Crippen molar-refractivity contribution in [1.29, 1.82) is 0 Å².